The van der Waals surface area contributed by atoms with E-state index in [2.05, 4.69) is 9.88 Å². The van der Waals surface area contributed by atoms with Gasteiger partial charge >= 0.3 is 5.97 Å². The molecule has 5 heteroatoms. The largest absolute Gasteiger partial charge is 0.477 e. The molecule has 0 saturated carbocycles. The van der Waals surface area contributed by atoms with Crippen LogP contribution in [0.1, 0.15) is 29.6 Å². The summed E-state index contributed by atoms with van der Waals surface area (Å²) < 4.78 is 5.47. The van der Waals surface area contributed by atoms with E-state index in [4.69, 9.17) is 9.84 Å². The van der Waals surface area contributed by atoms with E-state index in [0.29, 0.717) is 6.61 Å². The van der Waals surface area contributed by atoms with Crippen molar-refractivity contribution < 1.29 is 14.6 Å². The number of likely N-dealkylation sites (tertiary alicyclic amines) is 1. The number of carboxylic acids is 1. The molecule has 2 rings (SSSR count). The Morgan fingerprint density at radius 2 is 2.17 bits per heavy atom. The fourth-order valence-corrected chi connectivity index (χ4v) is 2.12. The predicted octanol–water partition coefficient (Wildman–Crippen LogP) is 1.64. The Balaban J connectivity index is 1.84. The minimum absolute atomic E-state index is 0.121. The second-order valence-electron chi connectivity index (χ2n) is 4.41. The molecule has 5 nitrogen and oxygen atoms in total. The van der Waals surface area contributed by atoms with Gasteiger partial charge in [0, 0.05) is 12.7 Å². The van der Waals surface area contributed by atoms with Crippen molar-refractivity contribution in [2.24, 2.45) is 0 Å². The number of aromatic nitrogens is 1. The van der Waals surface area contributed by atoms with Gasteiger partial charge in [0.1, 0.15) is 12.2 Å². The Morgan fingerprint density at radius 3 is 2.89 bits per heavy atom. The van der Waals surface area contributed by atoms with Crippen LogP contribution in [-0.2, 0) is 0 Å². The summed E-state index contributed by atoms with van der Waals surface area (Å²) in [4.78, 5) is 17.3. The minimum Gasteiger partial charge on any atom is -0.477 e. The first kappa shape index (κ1) is 12.8. The Morgan fingerprint density at radius 1 is 1.39 bits per heavy atom. The third kappa shape index (κ3) is 3.43. The highest BCUT2D eigenvalue weighted by atomic mass is 16.5. The first-order valence-corrected chi connectivity index (χ1v) is 6.31. The molecule has 1 aliphatic heterocycles. The van der Waals surface area contributed by atoms with Crippen LogP contribution in [0.3, 0.4) is 0 Å². The molecule has 1 N–H and O–H groups in total. The standard InChI is InChI=1S/C13H18N2O3/c16-13(17)11-5-4-6-14-12(11)18-10-9-15-7-2-1-3-8-15/h4-6H,1-3,7-10H2,(H,16,17). The quantitative estimate of drug-likeness (QED) is 0.860. The van der Waals surface area contributed by atoms with Crippen LogP contribution in [0.4, 0.5) is 0 Å². The van der Waals surface area contributed by atoms with Crippen molar-refractivity contribution in [1.29, 1.82) is 0 Å². The summed E-state index contributed by atoms with van der Waals surface area (Å²) in [6.45, 7) is 3.53. The van der Waals surface area contributed by atoms with Crippen LogP contribution in [0, 0.1) is 0 Å². The van der Waals surface area contributed by atoms with Gasteiger partial charge in [0.15, 0.2) is 0 Å². The van der Waals surface area contributed by atoms with Gasteiger partial charge in [-0.1, -0.05) is 6.42 Å². The van der Waals surface area contributed by atoms with Gasteiger partial charge in [-0.15, -0.1) is 0 Å². The number of hydrogen-bond donors (Lipinski definition) is 1. The lowest BCUT2D eigenvalue weighted by Crippen LogP contribution is -2.33. The molecule has 0 bridgehead atoms. The van der Waals surface area contributed by atoms with Crippen LogP contribution in [0.25, 0.3) is 0 Å². The first-order valence-electron chi connectivity index (χ1n) is 6.31. The summed E-state index contributed by atoms with van der Waals surface area (Å²) in [6.07, 6.45) is 5.33. The van der Waals surface area contributed by atoms with E-state index >= 15 is 0 Å². The number of ether oxygens (including phenoxy) is 1. The Labute approximate surface area is 106 Å². The van der Waals surface area contributed by atoms with E-state index in [-0.39, 0.29) is 11.4 Å². The topological polar surface area (TPSA) is 62.7 Å². The molecule has 0 spiro atoms. The zero-order valence-corrected chi connectivity index (χ0v) is 10.3. The van der Waals surface area contributed by atoms with E-state index in [1.165, 1.54) is 25.3 Å². The maximum Gasteiger partial charge on any atom is 0.341 e. The van der Waals surface area contributed by atoms with Gasteiger partial charge in [0.2, 0.25) is 5.88 Å². The van der Waals surface area contributed by atoms with Crippen molar-refractivity contribution in [3.8, 4) is 5.88 Å². The smallest absolute Gasteiger partial charge is 0.341 e. The van der Waals surface area contributed by atoms with E-state index in [9.17, 15) is 4.79 Å². The molecule has 0 amide bonds. The average molecular weight is 250 g/mol. The highest BCUT2D eigenvalue weighted by Gasteiger charge is 2.13. The van der Waals surface area contributed by atoms with Gasteiger partial charge in [-0.3, -0.25) is 4.90 Å². The van der Waals surface area contributed by atoms with Gasteiger partial charge < -0.3 is 9.84 Å². The predicted molar refractivity (Wildman–Crippen MR) is 67.0 cm³/mol. The van der Waals surface area contributed by atoms with Crippen molar-refractivity contribution in [3.05, 3.63) is 23.9 Å². The number of hydrogen-bond acceptors (Lipinski definition) is 4. The number of carbonyl (C=O) groups is 1. The van der Waals surface area contributed by atoms with Gasteiger partial charge in [-0.2, -0.15) is 0 Å². The number of carboxylic acid groups (broad SMARTS) is 1. The highest BCUT2D eigenvalue weighted by molar-refractivity contribution is 5.90. The van der Waals surface area contributed by atoms with Gasteiger partial charge in [-0.25, -0.2) is 9.78 Å². The summed E-state index contributed by atoms with van der Waals surface area (Å²) >= 11 is 0. The molecule has 0 atom stereocenters. The third-order valence-corrected chi connectivity index (χ3v) is 3.10. The van der Waals surface area contributed by atoms with Crippen molar-refractivity contribution in [2.75, 3.05) is 26.2 Å². The fourth-order valence-electron chi connectivity index (χ4n) is 2.12. The van der Waals surface area contributed by atoms with Gasteiger partial charge in [0.05, 0.1) is 0 Å². The normalized spacial score (nSPS) is 16.4. The molecular weight excluding hydrogens is 232 g/mol. The van der Waals surface area contributed by atoms with Crippen LogP contribution in [0.15, 0.2) is 18.3 Å². The monoisotopic (exact) mass is 250 g/mol. The molecule has 0 unspecified atom stereocenters. The molecular formula is C13H18N2O3. The zero-order valence-electron chi connectivity index (χ0n) is 10.3. The third-order valence-electron chi connectivity index (χ3n) is 3.10. The van der Waals surface area contributed by atoms with E-state index in [1.807, 2.05) is 0 Å². The summed E-state index contributed by atoms with van der Waals surface area (Å²) in [6, 6.07) is 3.10. The SMILES string of the molecule is O=C(O)c1cccnc1OCCN1CCCCC1. The number of piperidine rings is 1. The molecule has 0 radical (unpaired) electrons. The zero-order chi connectivity index (χ0) is 12.8. The van der Waals surface area contributed by atoms with Crippen LogP contribution >= 0.6 is 0 Å². The minimum atomic E-state index is -1.00. The Kier molecular flexibility index (Phi) is 4.52. The molecule has 1 saturated heterocycles. The summed E-state index contributed by atoms with van der Waals surface area (Å²) in [5.74, 6) is -0.793. The summed E-state index contributed by atoms with van der Waals surface area (Å²) in [5, 5.41) is 8.98. The van der Waals surface area contributed by atoms with Crippen LogP contribution < -0.4 is 4.74 Å². The lowest BCUT2D eigenvalue weighted by atomic mass is 10.1. The van der Waals surface area contributed by atoms with E-state index in [0.717, 1.165) is 19.6 Å². The molecule has 1 aliphatic rings. The molecule has 0 aromatic carbocycles. The van der Waals surface area contributed by atoms with Crippen molar-refractivity contribution >= 4 is 5.97 Å². The molecule has 98 valence electrons. The van der Waals surface area contributed by atoms with Crippen molar-refractivity contribution in [3.63, 3.8) is 0 Å². The van der Waals surface area contributed by atoms with Crippen LogP contribution in [0.2, 0.25) is 0 Å². The number of nitrogens with zero attached hydrogens (tertiary/aromatic N) is 2. The van der Waals surface area contributed by atoms with Gasteiger partial charge in [0.25, 0.3) is 0 Å². The molecule has 0 aliphatic carbocycles. The van der Waals surface area contributed by atoms with Gasteiger partial charge in [-0.05, 0) is 38.1 Å². The number of aromatic carboxylic acids is 1. The highest BCUT2D eigenvalue weighted by Crippen LogP contribution is 2.14. The average Bonchev–Trinajstić information content (AvgIpc) is 2.40. The van der Waals surface area contributed by atoms with Crippen molar-refractivity contribution in [1.82, 2.24) is 9.88 Å². The molecule has 18 heavy (non-hydrogen) atoms. The second-order valence-corrected chi connectivity index (χ2v) is 4.41. The second kappa shape index (κ2) is 6.35. The fraction of sp³-hybridized carbons (Fsp3) is 0.538. The summed E-state index contributed by atoms with van der Waals surface area (Å²) in [5.41, 5.74) is 0.121. The molecule has 1 aromatic heterocycles. The summed E-state index contributed by atoms with van der Waals surface area (Å²) in [7, 11) is 0. The maximum atomic E-state index is 11.0. The number of pyridine rings is 1. The van der Waals surface area contributed by atoms with Crippen LogP contribution in [-0.4, -0.2) is 47.2 Å². The van der Waals surface area contributed by atoms with E-state index < -0.39 is 5.97 Å². The number of rotatable bonds is 5. The van der Waals surface area contributed by atoms with E-state index in [1.54, 1.807) is 12.3 Å². The lowest BCUT2D eigenvalue weighted by molar-refractivity contribution is 0.0690. The van der Waals surface area contributed by atoms with Crippen LogP contribution in [0.5, 0.6) is 5.88 Å². The molecule has 2 heterocycles. The first-order chi connectivity index (χ1) is 8.77. The Bertz CT molecular complexity index is 403. The Hall–Kier alpha value is -1.62. The molecule has 1 aromatic rings. The van der Waals surface area contributed by atoms with Crippen molar-refractivity contribution in [2.45, 2.75) is 19.3 Å². The maximum absolute atomic E-state index is 11.0. The molecule has 1 fully saturated rings. The lowest BCUT2D eigenvalue weighted by Gasteiger charge is -2.26.